The highest BCUT2D eigenvalue weighted by molar-refractivity contribution is 6.33. The van der Waals surface area contributed by atoms with Gasteiger partial charge in [-0.3, -0.25) is 9.79 Å². The van der Waals surface area contributed by atoms with Gasteiger partial charge in [0.1, 0.15) is 0 Å². The van der Waals surface area contributed by atoms with Gasteiger partial charge in [-0.2, -0.15) is 0 Å². The van der Waals surface area contributed by atoms with Crippen molar-refractivity contribution in [2.24, 2.45) is 4.99 Å². The second-order valence-corrected chi connectivity index (χ2v) is 2.60. The molecule has 3 heteroatoms. The molecule has 1 N–H and O–H groups in total. The molecule has 0 aliphatic carbocycles. The number of aldehydes is 1. The van der Waals surface area contributed by atoms with Gasteiger partial charge < -0.3 is 5.32 Å². The van der Waals surface area contributed by atoms with Gasteiger partial charge in [0, 0.05) is 5.69 Å². The topological polar surface area (TPSA) is 41.5 Å². The van der Waals surface area contributed by atoms with Gasteiger partial charge >= 0.3 is 0 Å². The molecule has 0 bridgehead atoms. The molecule has 1 aliphatic rings. The van der Waals surface area contributed by atoms with Crippen molar-refractivity contribution >= 4 is 17.8 Å². The lowest BCUT2D eigenvalue weighted by molar-refractivity contribution is -0.102. The molecule has 0 atom stereocenters. The largest absolute Gasteiger partial charge is 0.337 e. The van der Waals surface area contributed by atoms with Crippen molar-refractivity contribution in [2.45, 2.75) is 6.54 Å². The summed E-state index contributed by atoms with van der Waals surface area (Å²) < 4.78 is 0. The lowest BCUT2D eigenvalue weighted by Gasteiger charge is -2.14. The van der Waals surface area contributed by atoms with E-state index in [-0.39, 0.29) is 0 Å². The standard InChI is InChI=1S/C9H8N2O/c12-6-9-10-5-7-3-1-2-4-8(7)11-9/h1-4,6H,5H2,(H,10,11). The summed E-state index contributed by atoms with van der Waals surface area (Å²) in [5.41, 5.74) is 2.11. The van der Waals surface area contributed by atoms with Gasteiger partial charge in [-0.15, -0.1) is 0 Å². The van der Waals surface area contributed by atoms with Crippen molar-refractivity contribution in [3.63, 3.8) is 0 Å². The summed E-state index contributed by atoms with van der Waals surface area (Å²) in [5.74, 6) is 0.411. The number of anilines is 1. The number of nitrogens with one attached hydrogen (secondary N) is 1. The number of benzene rings is 1. The highest BCUT2D eigenvalue weighted by Crippen LogP contribution is 2.18. The first-order chi connectivity index (χ1) is 5.90. The molecule has 0 unspecified atom stereocenters. The normalized spacial score (nSPS) is 14.2. The highest BCUT2D eigenvalue weighted by Gasteiger charge is 2.08. The number of aliphatic imine (C=N–C) groups is 1. The molecule has 0 saturated carbocycles. The second-order valence-electron chi connectivity index (χ2n) is 2.60. The summed E-state index contributed by atoms with van der Waals surface area (Å²) in [6.07, 6.45) is 0.732. The predicted molar refractivity (Wildman–Crippen MR) is 47.3 cm³/mol. The van der Waals surface area contributed by atoms with Crippen molar-refractivity contribution < 1.29 is 4.79 Å². The van der Waals surface area contributed by atoms with Crippen LogP contribution in [0.25, 0.3) is 0 Å². The molecule has 1 aromatic rings. The van der Waals surface area contributed by atoms with Gasteiger partial charge in [-0.1, -0.05) is 18.2 Å². The number of para-hydroxylation sites is 1. The average Bonchev–Trinajstić information content (AvgIpc) is 2.17. The lowest BCUT2D eigenvalue weighted by atomic mass is 10.1. The number of hydrogen-bond acceptors (Lipinski definition) is 3. The fraction of sp³-hybridized carbons (Fsp3) is 0.111. The van der Waals surface area contributed by atoms with E-state index in [0.29, 0.717) is 12.4 Å². The molecule has 1 aromatic carbocycles. The van der Waals surface area contributed by atoms with Crippen LogP contribution >= 0.6 is 0 Å². The molecule has 12 heavy (non-hydrogen) atoms. The molecule has 1 heterocycles. The number of carbonyl (C=O) groups is 1. The van der Waals surface area contributed by atoms with Crippen molar-refractivity contribution in [1.82, 2.24) is 0 Å². The van der Waals surface area contributed by atoms with E-state index in [1.165, 1.54) is 0 Å². The number of rotatable bonds is 1. The smallest absolute Gasteiger partial charge is 0.185 e. The van der Waals surface area contributed by atoms with Gasteiger partial charge in [-0.25, -0.2) is 0 Å². The Labute approximate surface area is 70.1 Å². The zero-order valence-corrected chi connectivity index (χ0v) is 6.45. The van der Waals surface area contributed by atoms with Crippen LogP contribution in [-0.4, -0.2) is 12.1 Å². The van der Waals surface area contributed by atoms with Crippen molar-refractivity contribution in [3.8, 4) is 0 Å². The molecule has 60 valence electrons. The van der Waals surface area contributed by atoms with Gasteiger partial charge in [0.15, 0.2) is 12.1 Å². The van der Waals surface area contributed by atoms with Crippen LogP contribution in [0.1, 0.15) is 5.56 Å². The van der Waals surface area contributed by atoms with Gasteiger partial charge in [0.2, 0.25) is 0 Å². The minimum atomic E-state index is 0.411. The average molecular weight is 160 g/mol. The Morgan fingerprint density at radius 3 is 3.08 bits per heavy atom. The number of carbonyl (C=O) groups excluding carboxylic acids is 1. The maximum atomic E-state index is 10.4. The molecule has 0 saturated heterocycles. The van der Waals surface area contributed by atoms with E-state index in [0.717, 1.165) is 17.5 Å². The summed E-state index contributed by atoms with van der Waals surface area (Å²) in [6.45, 7) is 0.594. The first-order valence-corrected chi connectivity index (χ1v) is 3.75. The zero-order chi connectivity index (χ0) is 8.39. The third kappa shape index (κ3) is 1.09. The lowest BCUT2D eigenvalue weighted by Crippen LogP contribution is -2.18. The summed E-state index contributed by atoms with van der Waals surface area (Å²) in [4.78, 5) is 14.4. The summed E-state index contributed by atoms with van der Waals surface area (Å²) in [7, 11) is 0. The van der Waals surface area contributed by atoms with Crippen LogP contribution in [-0.2, 0) is 11.3 Å². The molecular weight excluding hydrogens is 152 g/mol. The van der Waals surface area contributed by atoms with Gasteiger partial charge in [0.25, 0.3) is 0 Å². The van der Waals surface area contributed by atoms with Crippen LogP contribution in [0.5, 0.6) is 0 Å². The Morgan fingerprint density at radius 1 is 1.42 bits per heavy atom. The summed E-state index contributed by atoms with van der Waals surface area (Å²) in [5, 5.41) is 2.93. The Kier molecular flexibility index (Phi) is 1.63. The minimum Gasteiger partial charge on any atom is -0.337 e. The van der Waals surface area contributed by atoms with E-state index in [9.17, 15) is 4.79 Å². The monoisotopic (exact) mass is 160 g/mol. The van der Waals surface area contributed by atoms with Crippen molar-refractivity contribution in [1.29, 1.82) is 0 Å². The fourth-order valence-electron chi connectivity index (χ4n) is 1.19. The minimum absolute atomic E-state index is 0.411. The summed E-state index contributed by atoms with van der Waals surface area (Å²) >= 11 is 0. The summed E-state index contributed by atoms with van der Waals surface area (Å²) in [6, 6.07) is 7.82. The SMILES string of the molecule is O=CC1=NCc2ccccc2N1. The van der Waals surface area contributed by atoms with Crippen LogP contribution in [0, 0.1) is 0 Å². The molecule has 0 amide bonds. The van der Waals surface area contributed by atoms with Crippen LogP contribution < -0.4 is 5.32 Å². The first-order valence-electron chi connectivity index (χ1n) is 3.75. The zero-order valence-electron chi connectivity index (χ0n) is 6.45. The van der Waals surface area contributed by atoms with E-state index < -0.39 is 0 Å². The molecule has 1 aliphatic heterocycles. The van der Waals surface area contributed by atoms with E-state index in [1.54, 1.807) is 0 Å². The third-order valence-electron chi connectivity index (χ3n) is 1.81. The number of fused-ring (bicyclic) bond motifs is 1. The maximum Gasteiger partial charge on any atom is 0.185 e. The maximum absolute atomic E-state index is 10.4. The van der Waals surface area contributed by atoms with Crippen molar-refractivity contribution in [3.05, 3.63) is 29.8 Å². The second kappa shape index (κ2) is 2.77. The number of amidine groups is 1. The molecule has 0 aromatic heterocycles. The van der Waals surface area contributed by atoms with Gasteiger partial charge in [0.05, 0.1) is 6.54 Å². The fourth-order valence-corrected chi connectivity index (χ4v) is 1.19. The molecule has 0 spiro atoms. The molecule has 2 rings (SSSR count). The number of nitrogens with zero attached hydrogens (tertiary/aromatic N) is 1. The molecule has 0 fully saturated rings. The van der Waals surface area contributed by atoms with E-state index in [1.807, 2.05) is 24.3 Å². The van der Waals surface area contributed by atoms with E-state index in [4.69, 9.17) is 0 Å². The van der Waals surface area contributed by atoms with E-state index in [2.05, 4.69) is 10.3 Å². The highest BCUT2D eigenvalue weighted by atomic mass is 16.1. The Bertz CT molecular complexity index is 344. The van der Waals surface area contributed by atoms with Gasteiger partial charge in [-0.05, 0) is 11.6 Å². The number of hydrogen-bond donors (Lipinski definition) is 1. The Hall–Kier alpha value is -1.64. The van der Waals surface area contributed by atoms with Crippen LogP contribution in [0.15, 0.2) is 29.3 Å². The van der Waals surface area contributed by atoms with Crippen LogP contribution in [0.4, 0.5) is 5.69 Å². The molecular formula is C9H8N2O. The third-order valence-corrected chi connectivity index (χ3v) is 1.81. The first kappa shape index (κ1) is 7.03. The van der Waals surface area contributed by atoms with Crippen molar-refractivity contribution in [2.75, 3.05) is 5.32 Å². The Morgan fingerprint density at radius 2 is 2.25 bits per heavy atom. The van der Waals surface area contributed by atoms with Crippen LogP contribution in [0.3, 0.4) is 0 Å². The van der Waals surface area contributed by atoms with Crippen LogP contribution in [0.2, 0.25) is 0 Å². The predicted octanol–water partition coefficient (Wildman–Crippen LogP) is 1.21. The molecule has 0 radical (unpaired) electrons. The molecule has 3 nitrogen and oxygen atoms in total. The Balaban J connectivity index is 2.36. The van der Waals surface area contributed by atoms with E-state index >= 15 is 0 Å². The quantitative estimate of drug-likeness (QED) is 0.627.